The topological polar surface area (TPSA) is 55.6 Å². The van der Waals surface area contributed by atoms with Crippen LogP contribution in [0.15, 0.2) is 0 Å². The third-order valence-electron chi connectivity index (χ3n) is 1.77. The highest BCUT2D eigenvalue weighted by Crippen LogP contribution is 2.00. The fourth-order valence-corrected chi connectivity index (χ4v) is 0.871. The zero-order valence-corrected chi connectivity index (χ0v) is 8.04. The van der Waals surface area contributed by atoms with E-state index in [1.807, 2.05) is 0 Å². The molecule has 4 heteroatoms. The van der Waals surface area contributed by atoms with Crippen LogP contribution >= 0.6 is 0 Å². The molecule has 0 aliphatic rings. The van der Waals surface area contributed by atoms with Gasteiger partial charge in [0, 0.05) is 7.05 Å². The van der Waals surface area contributed by atoms with E-state index in [4.69, 9.17) is 10.6 Å². The number of nitrogens with zero attached hydrogens (tertiary/aromatic N) is 1. The Bertz CT molecular complexity index is 139. The predicted octanol–water partition coefficient (Wildman–Crippen LogP) is 0.524. The molecule has 4 nitrogen and oxygen atoms in total. The fourth-order valence-electron chi connectivity index (χ4n) is 0.871. The highest BCUT2D eigenvalue weighted by atomic mass is 16.7. The summed E-state index contributed by atoms with van der Waals surface area (Å²) in [5.74, 6) is -0.161. The Balaban J connectivity index is 3.75. The minimum absolute atomic E-state index is 0.161. The van der Waals surface area contributed by atoms with Crippen LogP contribution in [0.1, 0.15) is 26.2 Å². The molecule has 0 bridgehead atoms. The van der Waals surface area contributed by atoms with Crippen molar-refractivity contribution in [3.63, 3.8) is 0 Å². The van der Waals surface area contributed by atoms with Crippen molar-refractivity contribution in [2.45, 2.75) is 32.2 Å². The molecular weight excluding hydrogens is 156 g/mol. The lowest BCUT2D eigenvalue weighted by Gasteiger charge is -2.18. The average molecular weight is 174 g/mol. The van der Waals surface area contributed by atoms with Crippen molar-refractivity contribution in [3.05, 3.63) is 0 Å². The van der Waals surface area contributed by atoms with Crippen molar-refractivity contribution in [1.82, 2.24) is 5.06 Å². The monoisotopic (exact) mass is 174 g/mol. The Morgan fingerprint density at radius 1 is 1.67 bits per heavy atom. The van der Waals surface area contributed by atoms with Crippen LogP contribution in [0.25, 0.3) is 0 Å². The Morgan fingerprint density at radius 2 is 2.25 bits per heavy atom. The first kappa shape index (κ1) is 11.4. The molecule has 0 aromatic rings. The largest absolute Gasteiger partial charge is 0.320 e. The van der Waals surface area contributed by atoms with Crippen LogP contribution in [-0.2, 0) is 9.63 Å². The van der Waals surface area contributed by atoms with Gasteiger partial charge in [0.1, 0.15) is 0 Å². The standard InChI is InChI=1S/C8H18N2O2/c1-4-5-6-7(9)8(11)10(2)12-3/h7H,4-6,9H2,1-3H3. The SMILES string of the molecule is CCCCC(N)C(=O)N(C)OC. The lowest BCUT2D eigenvalue weighted by atomic mass is 10.1. The molecule has 0 radical (unpaired) electrons. The summed E-state index contributed by atoms with van der Waals surface area (Å²) < 4.78 is 0. The Morgan fingerprint density at radius 3 is 2.67 bits per heavy atom. The summed E-state index contributed by atoms with van der Waals surface area (Å²) in [6.45, 7) is 2.07. The van der Waals surface area contributed by atoms with Crippen molar-refractivity contribution in [2.24, 2.45) is 5.73 Å². The van der Waals surface area contributed by atoms with Crippen molar-refractivity contribution in [1.29, 1.82) is 0 Å². The van der Waals surface area contributed by atoms with E-state index in [-0.39, 0.29) is 5.91 Å². The van der Waals surface area contributed by atoms with E-state index in [9.17, 15) is 4.79 Å². The van der Waals surface area contributed by atoms with E-state index < -0.39 is 6.04 Å². The smallest absolute Gasteiger partial charge is 0.262 e. The van der Waals surface area contributed by atoms with E-state index in [2.05, 4.69) is 6.92 Å². The zero-order chi connectivity index (χ0) is 9.56. The molecule has 72 valence electrons. The molecule has 0 saturated heterocycles. The maximum Gasteiger partial charge on any atom is 0.262 e. The van der Waals surface area contributed by atoms with Gasteiger partial charge in [-0.3, -0.25) is 9.63 Å². The summed E-state index contributed by atoms with van der Waals surface area (Å²) in [6.07, 6.45) is 2.76. The maximum atomic E-state index is 11.3. The Kier molecular flexibility index (Phi) is 5.66. The van der Waals surface area contributed by atoms with Gasteiger partial charge in [-0.15, -0.1) is 0 Å². The van der Waals surface area contributed by atoms with Crippen LogP contribution < -0.4 is 5.73 Å². The summed E-state index contributed by atoms with van der Waals surface area (Å²) in [6, 6.07) is -0.421. The van der Waals surface area contributed by atoms with Crippen LogP contribution in [0.5, 0.6) is 0 Å². The second-order valence-corrected chi connectivity index (χ2v) is 2.77. The summed E-state index contributed by atoms with van der Waals surface area (Å²) in [4.78, 5) is 16.0. The van der Waals surface area contributed by atoms with Crippen LogP contribution in [0.3, 0.4) is 0 Å². The molecule has 0 aromatic heterocycles. The lowest BCUT2D eigenvalue weighted by molar-refractivity contribution is -0.170. The third-order valence-corrected chi connectivity index (χ3v) is 1.77. The van der Waals surface area contributed by atoms with Crippen LogP contribution in [-0.4, -0.2) is 31.2 Å². The Hall–Kier alpha value is -0.610. The molecule has 0 aliphatic heterocycles. The molecule has 12 heavy (non-hydrogen) atoms. The molecule has 1 unspecified atom stereocenters. The fraction of sp³-hybridized carbons (Fsp3) is 0.875. The number of amides is 1. The highest BCUT2D eigenvalue weighted by Gasteiger charge is 2.16. The third kappa shape index (κ3) is 3.69. The highest BCUT2D eigenvalue weighted by molar-refractivity contribution is 5.80. The quantitative estimate of drug-likeness (QED) is 0.618. The molecule has 0 saturated carbocycles. The number of rotatable bonds is 5. The average Bonchev–Trinajstić information content (AvgIpc) is 2.11. The van der Waals surface area contributed by atoms with Crippen molar-refractivity contribution < 1.29 is 9.63 Å². The number of carbonyl (C=O) groups excluding carboxylic acids is 1. The molecule has 0 fully saturated rings. The van der Waals surface area contributed by atoms with Gasteiger partial charge < -0.3 is 5.73 Å². The maximum absolute atomic E-state index is 11.3. The van der Waals surface area contributed by atoms with Crippen LogP contribution in [0.2, 0.25) is 0 Å². The number of nitrogens with two attached hydrogens (primary N) is 1. The summed E-state index contributed by atoms with van der Waals surface area (Å²) in [5, 5.41) is 1.17. The number of unbranched alkanes of at least 4 members (excludes halogenated alkanes) is 1. The lowest BCUT2D eigenvalue weighted by Crippen LogP contribution is -2.41. The van der Waals surface area contributed by atoms with Crippen molar-refractivity contribution in [3.8, 4) is 0 Å². The minimum atomic E-state index is -0.421. The number of hydrogen-bond acceptors (Lipinski definition) is 3. The van der Waals surface area contributed by atoms with E-state index in [1.54, 1.807) is 7.05 Å². The van der Waals surface area contributed by atoms with E-state index in [0.717, 1.165) is 19.3 Å². The van der Waals surface area contributed by atoms with Crippen LogP contribution in [0.4, 0.5) is 0 Å². The first-order valence-corrected chi connectivity index (χ1v) is 4.20. The van der Waals surface area contributed by atoms with Gasteiger partial charge >= 0.3 is 0 Å². The summed E-state index contributed by atoms with van der Waals surface area (Å²) >= 11 is 0. The molecule has 2 N–H and O–H groups in total. The second kappa shape index (κ2) is 5.97. The van der Waals surface area contributed by atoms with Gasteiger partial charge in [-0.1, -0.05) is 19.8 Å². The molecular formula is C8H18N2O2. The molecule has 1 amide bonds. The molecule has 0 spiro atoms. The van der Waals surface area contributed by atoms with Gasteiger partial charge in [-0.05, 0) is 6.42 Å². The van der Waals surface area contributed by atoms with E-state index in [1.165, 1.54) is 12.2 Å². The van der Waals surface area contributed by atoms with Gasteiger partial charge in [0.25, 0.3) is 5.91 Å². The van der Waals surface area contributed by atoms with Gasteiger partial charge in [-0.2, -0.15) is 0 Å². The summed E-state index contributed by atoms with van der Waals surface area (Å²) in [5.41, 5.74) is 5.61. The molecule has 0 aliphatic carbocycles. The first-order chi connectivity index (χ1) is 5.63. The number of carbonyl (C=O) groups is 1. The summed E-state index contributed by atoms with van der Waals surface area (Å²) in [7, 11) is 3.01. The van der Waals surface area contributed by atoms with Gasteiger partial charge in [0.15, 0.2) is 0 Å². The number of hydrogen-bond donors (Lipinski definition) is 1. The van der Waals surface area contributed by atoms with E-state index >= 15 is 0 Å². The zero-order valence-electron chi connectivity index (χ0n) is 8.04. The van der Waals surface area contributed by atoms with Gasteiger partial charge in [0.05, 0.1) is 13.2 Å². The van der Waals surface area contributed by atoms with Crippen LogP contribution in [0, 0.1) is 0 Å². The predicted molar refractivity (Wildman–Crippen MR) is 47.3 cm³/mol. The van der Waals surface area contributed by atoms with E-state index in [0.29, 0.717) is 0 Å². The minimum Gasteiger partial charge on any atom is -0.320 e. The number of likely N-dealkylation sites (N-methyl/N-ethyl adjacent to an activating group) is 1. The normalized spacial score (nSPS) is 12.7. The van der Waals surface area contributed by atoms with Crippen molar-refractivity contribution in [2.75, 3.05) is 14.2 Å². The van der Waals surface area contributed by atoms with Gasteiger partial charge in [-0.25, -0.2) is 5.06 Å². The second-order valence-electron chi connectivity index (χ2n) is 2.77. The molecule has 0 heterocycles. The molecule has 0 aromatic carbocycles. The molecule has 0 rings (SSSR count). The number of hydroxylamine groups is 2. The van der Waals surface area contributed by atoms with Crippen molar-refractivity contribution >= 4 is 5.91 Å². The van der Waals surface area contributed by atoms with Gasteiger partial charge in [0.2, 0.25) is 0 Å². The Labute approximate surface area is 73.6 Å². The molecule has 1 atom stereocenters. The first-order valence-electron chi connectivity index (χ1n) is 4.20.